The molecule has 1 N–H and O–H groups in total. The molecule has 1 atom stereocenters. The number of ether oxygens (including phenoxy) is 3. The summed E-state index contributed by atoms with van der Waals surface area (Å²) in [4.78, 5) is 24.8. The summed E-state index contributed by atoms with van der Waals surface area (Å²) in [6, 6.07) is 6.99. The molecule has 23 heavy (non-hydrogen) atoms. The van der Waals surface area contributed by atoms with Gasteiger partial charge in [0.1, 0.15) is 0 Å². The number of nitrogens with zero attached hydrogens (tertiary/aromatic N) is 1. The molecule has 0 aliphatic heterocycles. The van der Waals surface area contributed by atoms with Gasteiger partial charge in [-0.2, -0.15) is 0 Å². The van der Waals surface area contributed by atoms with Crippen LogP contribution < -0.4 is 9.47 Å². The SMILES string of the molecule is COC(=O)CCN(CC(C)O)C(=O)COc1ccccc1OC. The van der Waals surface area contributed by atoms with Crippen LogP contribution in [0.4, 0.5) is 0 Å². The molecule has 0 aliphatic rings. The number of benzene rings is 1. The van der Waals surface area contributed by atoms with E-state index in [-0.39, 0.29) is 32.0 Å². The fourth-order valence-corrected chi connectivity index (χ4v) is 1.93. The van der Waals surface area contributed by atoms with Crippen molar-refractivity contribution in [2.24, 2.45) is 0 Å². The highest BCUT2D eigenvalue weighted by Crippen LogP contribution is 2.25. The van der Waals surface area contributed by atoms with Crippen molar-refractivity contribution in [3.63, 3.8) is 0 Å². The van der Waals surface area contributed by atoms with Gasteiger partial charge >= 0.3 is 5.97 Å². The Morgan fingerprint density at radius 2 is 1.87 bits per heavy atom. The minimum atomic E-state index is -0.706. The number of methoxy groups -OCH3 is 2. The van der Waals surface area contributed by atoms with E-state index in [9.17, 15) is 14.7 Å². The van der Waals surface area contributed by atoms with Crippen LogP contribution in [-0.2, 0) is 14.3 Å². The quantitative estimate of drug-likeness (QED) is 0.678. The van der Waals surface area contributed by atoms with E-state index >= 15 is 0 Å². The van der Waals surface area contributed by atoms with Crippen LogP contribution in [0.2, 0.25) is 0 Å². The molecular formula is C16H23NO6. The number of aliphatic hydroxyl groups is 1. The van der Waals surface area contributed by atoms with Crippen LogP contribution in [0.25, 0.3) is 0 Å². The standard InChI is InChI=1S/C16H23NO6/c1-12(18)10-17(9-8-16(20)22-3)15(19)11-23-14-7-5-4-6-13(14)21-2/h4-7,12,18H,8-11H2,1-3H3. The molecule has 0 fully saturated rings. The zero-order valence-corrected chi connectivity index (χ0v) is 13.7. The maximum atomic E-state index is 12.2. The van der Waals surface area contributed by atoms with Gasteiger partial charge in [-0.3, -0.25) is 9.59 Å². The van der Waals surface area contributed by atoms with Gasteiger partial charge in [0.25, 0.3) is 5.91 Å². The summed E-state index contributed by atoms with van der Waals surface area (Å²) < 4.78 is 15.2. The third-order valence-corrected chi connectivity index (χ3v) is 3.07. The van der Waals surface area contributed by atoms with Crippen molar-refractivity contribution in [1.29, 1.82) is 0 Å². The molecule has 7 heteroatoms. The second-order valence-electron chi connectivity index (χ2n) is 4.95. The van der Waals surface area contributed by atoms with Gasteiger partial charge in [-0.1, -0.05) is 12.1 Å². The zero-order chi connectivity index (χ0) is 17.2. The summed E-state index contributed by atoms with van der Waals surface area (Å²) >= 11 is 0. The van der Waals surface area contributed by atoms with Crippen LogP contribution in [0.1, 0.15) is 13.3 Å². The Kier molecular flexibility index (Phi) is 7.90. The van der Waals surface area contributed by atoms with Crippen molar-refractivity contribution in [2.45, 2.75) is 19.4 Å². The summed E-state index contributed by atoms with van der Waals surface area (Å²) in [5, 5.41) is 9.49. The van der Waals surface area contributed by atoms with Crippen molar-refractivity contribution >= 4 is 11.9 Å². The first kappa shape index (κ1) is 18.8. The molecule has 0 saturated heterocycles. The van der Waals surface area contributed by atoms with Crippen molar-refractivity contribution in [2.75, 3.05) is 33.9 Å². The van der Waals surface area contributed by atoms with Gasteiger partial charge in [0.05, 0.1) is 26.7 Å². The van der Waals surface area contributed by atoms with Crippen molar-refractivity contribution in [3.8, 4) is 11.5 Å². The molecule has 0 aromatic heterocycles. The summed E-state index contributed by atoms with van der Waals surface area (Å²) in [5.41, 5.74) is 0. The number of carbonyl (C=O) groups excluding carboxylic acids is 2. The molecule has 0 radical (unpaired) electrons. The Hall–Kier alpha value is -2.28. The van der Waals surface area contributed by atoms with Crippen molar-refractivity contribution in [3.05, 3.63) is 24.3 Å². The Bertz CT molecular complexity index is 517. The second-order valence-corrected chi connectivity index (χ2v) is 4.95. The first-order valence-electron chi connectivity index (χ1n) is 7.26. The Morgan fingerprint density at radius 3 is 2.43 bits per heavy atom. The fourth-order valence-electron chi connectivity index (χ4n) is 1.93. The van der Waals surface area contributed by atoms with Gasteiger partial charge < -0.3 is 24.2 Å². The molecule has 1 amide bonds. The smallest absolute Gasteiger partial charge is 0.307 e. The number of hydrogen-bond donors (Lipinski definition) is 1. The third kappa shape index (κ3) is 6.56. The van der Waals surface area contributed by atoms with Gasteiger partial charge in [0.2, 0.25) is 0 Å². The summed E-state index contributed by atoms with van der Waals surface area (Å²) in [6.45, 7) is 1.63. The van der Waals surface area contributed by atoms with E-state index in [1.807, 2.05) is 0 Å². The molecule has 0 bridgehead atoms. The van der Waals surface area contributed by atoms with Gasteiger partial charge in [0.15, 0.2) is 18.1 Å². The topological polar surface area (TPSA) is 85.3 Å². The number of rotatable bonds is 9. The van der Waals surface area contributed by atoms with Gasteiger partial charge in [-0.25, -0.2) is 0 Å². The fraction of sp³-hybridized carbons (Fsp3) is 0.500. The lowest BCUT2D eigenvalue weighted by atomic mass is 10.3. The summed E-state index contributed by atoms with van der Waals surface area (Å²) in [6.07, 6.45) is -0.647. The van der Waals surface area contributed by atoms with E-state index < -0.39 is 12.1 Å². The summed E-state index contributed by atoms with van der Waals surface area (Å²) in [5.74, 6) is 0.227. The van der Waals surface area contributed by atoms with E-state index in [0.717, 1.165) is 0 Å². The van der Waals surface area contributed by atoms with E-state index in [0.29, 0.717) is 11.5 Å². The summed E-state index contributed by atoms with van der Waals surface area (Å²) in [7, 11) is 2.80. The number of para-hydroxylation sites is 2. The van der Waals surface area contributed by atoms with E-state index in [4.69, 9.17) is 9.47 Å². The van der Waals surface area contributed by atoms with Crippen LogP contribution in [0.15, 0.2) is 24.3 Å². The van der Waals surface area contributed by atoms with Crippen molar-refractivity contribution in [1.82, 2.24) is 4.90 Å². The number of carbonyl (C=O) groups is 2. The number of esters is 1. The largest absolute Gasteiger partial charge is 0.493 e. The lowest BCUT2D eigenvalue weighted by Crippen LogP contribution is -2.40. The Balaban J connectivity index is 2.63. The third-order valence-electron chi connectivity index (χ3n) is 3.07. The normalized spacial score (nSPS) is 11.5. The first-order chi connectivity index (χ1) is 11.0. The molecule has 1 aromatic carbocycles. The molecule has 1 aromatic rings. The van der Waals surface area contributed by atoms with Gasteiger partial charge in [0, 0.05) is 13.1 Å². The van der Waals surface area contributed by atoms with Crippen LogP contribution >= 0.6 is 0 Å². The molecule has 128 valence electrons. The minimum absolute atomic E-state index is 0.0591. The van der Waals surface area contributed by atoms with Crippen LogP contribution in [0, 0.1) is 0 Å². The highest BCUT2D eigenvalue weighted by atomic mass is 16.5. The monoisotopic (exact) mass is 325 g/mol. The van der Waals surface area contributed by atoms with Gasteiger partial charge in [-0.15, -0.1) is 0 Å². The Labute approximate surface area is 135 Å². The second kappa shape index (κ2) is 9.68. The molecule has 0 aliphatic carbocycles. The average Bonchev–Trinajstić information content (AvgIpc) is 2.55. The first-order valence-corrected chi connectivity index (χ1v) is 7.26. The molecular weight excluding hydrogens is 302 g/mol. The maximum absolute atomic E-state index is 12.2. The molecule has 0 spiro atoms. The van der Waals surface area contributed by atoms with E-state index in [1.54, 1.807) is 31.2 Å². The lowest BCUT2D eigenvalue weighted by molar-refractivity contribution is -0.142. The number of aliphatic hydroxyl groups excluding tert-OH is 1. The van der Waals surface area contributed by atoms with Gasteiger partial charge in [-0.05, 0) is 19.1 Å². The molecule has 0 heterocycles. The zero-order valence-electron chi connectivity index (χ0n) is 13.7. The highest BCUT2D eigenvalue weighted by molar-refractivity contribution is 5.78. The van der Waals surface area contributed by atoms with Crippen LogP contribution in [0.3, 0.4) is 0 Å². The lowest BCUT2D eigenvalue weighted by Gasteiger charge is -2.23. The minimum Gasteiger partial charge on any atom is -0.493 e. The average molecular weight is 325 g/mol. The predicted molar refractivity (Wildman–Crippen MR) is 83.4 cm³/mol. The van der Waals surface area contributed by atoms with Crippen LogP contribution in [-0.4, -0.2) is 61.9 Å². The number of hydrogen-bond acceptors (Lipinski definition) is 6. The van der Waals surface area contributed by atoms with Crippen LogP contribution in [0.5, 0.6) is 11.5 Å². The Morgan fingerprint density at radius 1 is 1.22 bits per heavy atom. The highest BCUT2D eigenvalue weighted by Gasteiger charge is 2.18. The molecule has 1 rings (SSSR count). The maximum Gasteiger partial charge on any atom is 0.307 e. The van der Waals surface area contributed by atoms with E-state index in [2.05, 4.69) is 4.74 Å². The molecule has 0 saturated carbocycles. The molecule has 1 unspecified atom stereocenters. The van der Waals surface area contributed by atoms with E-state index in [1.165, 1.54) is 19.1 Å². The number of amides is 1. The molecule has 7 nitrogen and oxygen atoms in total. The van der Waals surface area contributed by atoms with Crippen molar-refractivity contribution < 1.29 is 28.9 Å². The predicted octanol–water partition coefficient (Wildman–Crippen LogP) is 0.846.